The van der Waals surface area contributed by atoms with Crippen molar-refractivity contribution in [3.63, 3.8) is 0 Å². The molecular weight excluding hydrogens is 443 g/mol. The van der Waals surface area contributed by atoms with Crippen LogP contribution in [0.1, 0.15) is 149 Å². The van der Waals surface area contributed by atoms with Crippen LogP contribution in [0.25, 0.3) is 0 Å². The predicted molar refractivity (Wildman–Crippen MR) is 159 cm³/mol. The van der Waals surface area contributed by atoms with E-state index < -0.39 is 0 Å². The summed E-state index contributed by atoms with van der Waals surface area (Å²) in [7, 11) is 0. The lowest BCUT2D eigenvalue weighted by Crippen LogP contribution is -2.37. The van der Waals surface area contributed by atoms with Gasteiger partial charge in [-0.2, -0.15) is 5.54 Å². The Morgan fingerprint density at radius 3 is 1.72 bits per heavy atom. The van der Waals surface area contributed by atoms with Crippen LogP contribution in [0.2, 0.25) is 0 Å². The highest BCUT2D eigenvalue weighted by Crippen LogP contribution is 2.29. The number of rotatable bonds is 26. The van der Waals surface area contributed by atoms with Crippen molar-refractivity contribution >= 4 is 5.69 Å². The summed E-state index contributed by atoms with van der Waals surface area (Å²) < 4.78 is 13.3. The Kier molecular flexibility index (Phi) is 22.2. The minimum absolute atomic E-state index is 0.137. The number of nitrogens with one attached hydrogen (secondary N) is 2. The molecule has 2 nitrogen and oxygen atoms in total. The molecule has 3 atom stereocenters. The first-order valence-corrected chi connectivity index (χ1v) is 15.9. The lowest BCUT2D eigenvalue weighted by Gasteiger charge is -2.30. The van der Waals surface area contributed by atoms with Gasteiger partial charge < -0.3 is 5.32 Å². The van der Waals surface area contributed by atoms with Crippen molar-refractivity contribution in [1.82, 2.24) is 5.54 Å². The molecule has 3 heteroatoms. The zero-order chi connectivity index (χ0) is 26.1. The van der Waals surface area contributed by atoms with E-state index in [1.54, 1.807) is 0 Å². The van der Waals surface area contributed by atoms with E-state index >= 15 is 0 Å². The van der Waals surface area contributed by atoms with E-state index in [1.165, 1.54) is 128 Å². The summed E-state index contributed by atoms with van der Waals surface area (Å²) in [5, 5.41) is 3.66. The predicted octanol–water partition coefficient (Wildman–Crippen LogP) is 11.0. The highest BCUT2D eigenvalue weighted by Gasteiger charge is 2.23. The van der Waals surface area contributed by atoms with E-state index in [0.29, 0.717) is 12.5 Å². The fourth-order valence-electron chi connectivity index (χ4n) is 5.67. The first kappa shape index (κ1) is 32.9. The van der Waals surface area contributed by atoms with Gasteiger partial charge in [0.2, 0.25) is 0 Å². The average Bonchev–Trinajstić information content (AvgIpc) is 2.90. The summed E-state index contributed by atoms with van der Waals surface area (Å²) in [5.74, 6) is 1.35. The first-order valence-electron chi connectivity index (χ1n) is 15.9. The highest BCUT2D eigenvalue weighted by molar-refractivity contribution is 5.43. The van der Waals surface area contributed by atoms with Crippen LogP contribution < -0.4 is 10.9 Å². The van der Waals surface area contributed by atoms with Gasteiger partial charge in [0.05, 0.1) is 0 Å². The molecule has 0 aliphatic heterocycles. The van der Waals surface area contributed by atoms with Gasteiger partial charge in [0, 0.05) is 18.3 Å². The molecule has 0 fully saturated rings. The third-order valence-corrected chi connectivity index (χ3v) is 8.05. The standard InChI is InChI=1S/C33H61FN2/c1-4-7-10-11-12-13-14-15-16-19-23-30(22-9-6-3)27-28-31(24-18-8-5-2)33(29-35-34)36-32-25-20-17-21-26-32/h17,20-21,25-26,30-31,33,35-36H,4-16,18-19,22-24,27-29H2,1-3H3. The van der Waals surface area contributed by atoms with Gasteiger partial charge in [-0.1, -0.05) is 155 Å². The lowest BCUT2D eigenvalue weighted by molar-refractivity contribution is 0.261. The third-order valence-electron chi connectivity index (χ3n) is 8.05. The van der Waals surface area contributed by atoms with Crippen molar-refractivity contribution in [1.29, 1.82) is 0 Å². The summed E-state index contributed by atoms with van der Waals surface area (Å²) in [4.78, 5) is 0. The molecule has 0 spiro atoms. The molecule has 3 unspecified atom stereocenters. The normalized spacial score (nSPS) is 14.0. The maximum atomic E-state index is 13.3. The van der Waals surface area contributed by atoms with E-state index in [9.17, 15) is 4.48 Å². The van der Waals surface area contributed by atoms with Crippen LogP contribution in [0.15, 0.2) is 30.3 Å². The minimum atomic E-state index is 0.137. The van der Waals surface area contributed by atoms with Crippen LogP contribution >= 0.6 is 0 Å². The van der Waals surface area contributed by atoms with Gasteiger partial charge in [-0.15, -0.1) is 4.48 Å². The number of unbranched alkanes of at least 4 members (excludes halogenated alkanes) is 12. The van der Waals surface area contributed by atoms with Gasteiger partial charge in [0.25, 0.3) is 0 Å². The number of para-hydroxylation sites is 1. The maximum absolute atomic E-state index is 13.3. The smallest absolute Gasteiger partial charge is 0.0464 e. The van der Waals surface area contributed by atoms with Crippen LogP contribution in [0.3, 0.4) is 0 Å². The lowest BCUT2D eigenvalue weighted by atomic mass is 9.83. The van der Waals surface area contributed by atoms with Crippen LogP contribution in [0.5, 0.6) is 0 Å². The molecule has 0 radical (unpaired) electrons. The van der Waals surface area contributed by atoms with E-state index in [2.05, 4.69) is 50.4 Å². The summed E-state index contributed by atoms with van der Waals surface area (Å²) in [6.07, 6.45) is 27.0. The Bertz CT molecular complexity index is 564. The molecule has 1 aromatic rings. The number of benzene rings is 1. The van der Waals surface area contributed by atoms with Crippen molar-refractivity contribution < 1.29 is 4.48 Å². The van der Waals surface area contributed by atoms with Gasteiger partial charge in [0.1, 0.15) is 0 Å². The molecule has 0 saturated carbocycles. The Balaban J connectivity index is 2.52. The topological polar surface area (TPSA) is 24.1 Å². The van der Waals surface area contributed by atoms with Crippen LogP contribution in [-0.2, 0) is 0 Å². The minimum Gasteiger partial charge on any atom is -0.381 e. The molecule has 0 bridgehead atoms. The van der Waals surface area contributed by atoms with Crippen molar-refractivity contribution in [2.75, 3.05) is 11.9 Å². The van der Waals surface area contributed by atoms with Crippen molar-refractivity contribution in [2.24, 2.45) is 11.8 Å². The zero-order valence-electron chi connectivity index (χ0n) is 24.3. The van der Waals surface area contributed by atoms with Crippen LogP contribution in [0, 0.1) is 11.8 Å². The van der Waals surface area contributed by atoms with Gasteiger partial charge in [-0.05, 0) is 36.8 Å². The molecule has 1 rings (SSSR count). The first-order chi connectivity index (χ1) is 17.7. The molecule has 0 amide bonds. The van der Waals surface area contributed by atoms with Crippen LogP contribution in [0.4, 0.5) is 10.2 Å². The largest absolute Gasteiger partial charge is 0.381 e. The van der Waals surface area contributed by atoms with Gasteiger partial charge >= 0.3 is 0 Å². The molecule has 0 aliphatic rings. The molecule has 0 aliphatic carbocycles. The maximum Gasteiger partial charge on any atom is 0.0464 e. The Labute approximate surface area is 224 Å². The number of hydrogen-bond acceptors (Lipinski definition) is 2. The number of hydrogen-bond donors (Lipinski definition) is 2. The van der Waals surface area contributed by atoms with Crippen LogP contribution in [-0.4, -0.2) is 12.6 Å². The molecule has 1 aromatic carbocycles. The molecule has 36 heavy (non-hydrogen) atoms. The Morgan fingerprint density at radius 2 is 1.11 bits per heavy atom. The average molecular weight is 505 g/mol. The fraction of sp³-hybridized carbons (Fsp3) is 0.818. The quantitative estimate of drug-likeness (QED) is 0.0968. The monoisotopic (exact) mass is 504 g/mol. The Morgan fingerprint density at radius 1 is 0.583 bits per heavy atom. The summed E-state index contributed by atoms with van der Waals surface area (Å²) in [6, 6.07) is 10.5. The zero-order valence-corrected chi connectivity index (χ0v) is 24.3. The van der Waals surface area contributed by atoms with Crippen molar-refractivity contribution in [3.05, 3.63) is 30.3 Å². The highest BCUT2D eigenvalue weighted by atomic mass is 19.2. The Hall–Kier alpha value is -1.09. The molecular formula is C33H61FN2. The van der Waals surface area contributed by atoms with E-state index in [4.69, 9.17) is 0 Å². The van der Waals surface area contributed by atoms with E-state index in [0.717, 1.165) is 11.6 Å². The summed E-state index contributed by atoms with van der Waals surface area (Å²) >= 11 is 0. The van der Waals surface area contributed by atoms with E-state index in [-0.39, 0.29) is 6.04 Å². The molecule has 0 saturated heterocycles. The van der Waals surface area contributed by atoms with Gasteiger partial charge in [-0.25, -0.2) is 0 Å². The van der Waals surface area contributed by atoms with Crippen molar-refractivity contribution in [2.45, 2.75) is 155 Å². The number of anilines is 1. The second-order valence-electron chi connectivity index (χ2n) is 11.3. The molecule has 0 heterocycles. The fourth-order valence-corrected chi connectivity index (χ4v) is 5.67. The second kappa shape index (κ2) is 24.3. The van der Waals surface area contributed by atoms with E-state index in [1.807, 2.05) is 11.6 Å². The second-order valence-corrected chi connectivity index (χ2v) is 11.3. The third kappa shape index (κ3) is 17.4. The molecule has 0 aromatic heterocycles. The van der Waals surface area contributed by atoms with Gasteiger partial charge in [0.15, 0.2) is 0 Å². The molecule has 210 valence electrons. The summed E-state index contributed by atoms with van der Waals surface area (Å²) in [5.41, 5.74) is 3.09. The molecule has 2 N–H and O–H groups in total. The van der Waals surface area contributed by atoms with Crippen molar-refractivity contribution in [3.8, 4) is 0 Å². The SMILES string of the molecule is CCCCCCCCCCCCC(CCCC)CCC(CCCCC)C(CNF)Nc1ccccc1. The van der Waals surface area contributed by atoms with Gasteiger partial charge in [-0.3, -0.25) is 0 Å². The number of halogens is 1. The summed E-state index contributed by atoms with van der Waals surface area (Å²) in [6.45, 7) is 7.26.